The minimum Gasteiger partial charge on any atom is -0.468 e. The van der Waals surface area contributed by atoms with E-state index < -0.39 is 21.7 Å². The number of nitrogens with one attached hydrogen (secondary N) is 1. The second kappa shape index (κ2) is 4.31. The topological polar surface area (TPSA) is 75.7 Å². The summed E-state index contributed by atoms with van der Waals surface area (Å²) in [6, 6.07) is 0.0228. The monoisotopic (exact) mass is 248 g/mol. The van der Waals surface area contributed by atoms with Gasteiger partial charge in [0.1, 0.15) is 0 Å². The zero-order chi connectivity index (χ0) is 11.8. The lowest BCUT2D eigenvalue weighted by atomic mass is 10.1. The van der Waals surface area contributed by atoms with Crippen molar-refractivity contribution in [3.05, 3.63) is 0 Å². The van der Waals surface area contributed by atoms with Crippen molar-refractivity contribution in [2.75, 3.05) is 32.5 Å². The first-order valence-electron chi connectivity index (χ1n) is 5.31. The van der Waals surface area contributed by atoms with Crippen molar-refractivity contribution in [1.29, 1.82) is 0 Å². The van der Waals surface area contributed by atoms with Crippen molar-refractivity contribution in [3.8, 4) is 0 Å². The molecule has 0 aromatic carbocycles. The Balaban J connectivity index is 2.09. The molecule has 2 aliphatic heterocycles. The average Bonchev–Trinajstić information content (AvgIpc) is 2.76. The van der Waals surface area contributed by atoms with Crippen LogP contribution in [0.3, 0.4) is 0 Å². The van der Waals surface area contributed by atoms with Crippen LogP contribution in [0.25, 0.3) is 0 Å². The maximum atomic E-state index is 11.9. The molecule has 0 aliphatic carbocycles. The Bertz CT molecular complexity index is 381. The molecule has 0 aromatic heterocycles. The molecule has 7 heteroatoms. The SMILES string of the molecule is COC(=O)CS(=O)(=O)N1CCC2CNCC21. The number of hydrogen-bond donors (Lipinski definition) is 1. The Morgan fingerprint density at radius 1 is 1.50 bits per heavy atom. The van der Waals surface area contributed by atoms with Gasteiger partial charge >= 0.3 is 5.97 Å². The van der Waals surface area contributed by atoms with Crippen LogP contribution in [-0.4, -0.2) is 57.2 Å². The number of sulfonamides is 1. The third-order valence-electron chi connectivity index (χ3n) is 3.28. The third kappa shape index (κ3) is 2.07. The highest BCUT2D eigenvalue weighted by molar-refractivity contribution is 7.89. The van der Waals surface area contributed by atoms with Crippen LogP contribution in [0.15, 0.2) is 0 Å². The predicted molar refractivity (Wildman–Crippen MR) is 57.3 cm³/mol. The molecule has 2 rings (SSSR count). The second-order valence-electron chi connectivity index (χ2n) is 4.22. The molecular formula is C9H16N2O4S. The molecule has 2 saturated heterocycles. The smallest absolute Gasteiger partial charge is 0.322 e. The Hall–Kier alpha value is -0.660. The number of rotatable bonds is 3. The number of hydrogen-bond acceptors (Lipinski definition) is 5. The highest BCUT2D eigenvalue weighted by atomic mass is 32.2. The summed E-state index contributed by atoms with van der Waals surface area (Å²) in [5.41, 5.74) is 0. The fraction of sp³-hybridized carbons (Fsp3) is 0.889. The lowest BCUT2D eigenvalue weighted by molar-refractivity contribution is -0.137. The van der Waals surface area contributed by atoms with Crippen LogP contribution in [-0.2, 0) is 19.6 Å². The highest BCUT2D eigenvalue weighted by Crippen LogP contribution is 2.29. The Morgan fingerprint density at radius 3 is 2.94 bits per heavy atom. The molecule has 1 N–H and O–H groups in total. The van der Waals surface area contributed by atoms with E-state index >= 15 is 0 Å². The standard InChI is InChI=1S/C9H16N2O4S/c1-15-9(12)6-16(13,14)11-3-2-7-4-10-5-8(7)11/h7-8,10H,2-6H2,1H3. The van der Waals surface area contributed by atoms with Gasteiger partial charge in [0.05, 0.1) is 7.11 Å². The molecule has 2 fully saturated rings. The first-order chi connectivity index (χ1) is 7.54. The van der Waals surface area contributed by atoms with Gasteiger partial charge in [-0.3, -0.25) is 4.79 Å². The van der Waals surface area contributed by atoms with Gasteiger partial charge in [0.25, 0.3) is 0 Å². The number of ether oxygens (including phenoxy) is 1. The van der Waals surface area contributed by atoms with Gasteiger partial charge in [0.15, 0.2) is 5.75 Å². The summed E-state index contributed by atoms with van der Waals surface area (Å²) in [5, 5.41) is 3.17. The number of fused-ring (bicyclic) bond motifs is 1. The summed E-state index contributed by atoms with van der Waals surface area (Å²) in [6.07, 6.45) is 0.873. The van der Waals surface area contributed by atoms with Crippen molar-refractivity contribution in [2.24, 2.45) is 5.92 Å². The average molecular weight is 248 g/mol. The zero-order valence-corrected chi connectivity index (χ0v) is 10.00. The van der Waals surface area contributed by atoms with Gasteiger partial charge < -0.3 is 10.1 Å². The Morgan fingerprint density at radius 2 is 2.25 bits per heavy atom. The molecule has 0 spiro atoms. The molecule has 16 heavy (non-hydrogen) atoms. The minimum atomic E-state index is -3.51. The lowest BCUT2D eigenvalue weighted by Gasteiger charge is -2.21. The molecular weight excluding hydrogens is 232 g/mol. The van der Waals surface area contributed by atoms with E-state index in [-0.39, 0.29) is 6.04 Å². The van der Waals surface area contributed by atoms with E-state index in [1.165, 1.54) is 11.4 Å². The number of esters is 1. The van der Waals surface area contributed by atoms with Crippen molar-refractivity contribution in [3.63, 3.8) is 0 Å². The number of carbonyl (C=O) groups excluding carboxylic acids is 1. The molecule has 2 atom stereocenters. The quantitative estimate of drug-likeness (QED) is 0.634. The molecule has 0 bridgehead atoms. The van der Waals surface area contributed by atoms with Crippen LogP contribution < -0.4 is 5.32 Å². The fourth-order valence-corrected chi connectivity index (χ4v) is 4.07. The molecule has 2 heterocycles. The van der Waals surface area contributed by atoms with Crippen molar-refractivity contribution in [2.45, 2.75) is 12.5 Å². The summed E-state index contributed by atoms with van der Waals surface area (Å²) >= 11 is 0. The van der Waals surface area contributed by atoms with Crippen molar-refractivity contribution < 1.29 is 17.9 Å². The lowest BCUT2D eigenvalue weighted by Crippen LogP contribution is -2.41. The molecule has 2 unspecified atom stereocenters. The summed E-state index contributed by atoms with van der Waals surface area (Å²) in [5.74, 6) is -0.853. The van der Waals surface area contributed by atoms with E-state index in [2.05, 4.69) is 10.1 Å². The van der Waals surface area contributed by atoms with Crippen LogP contribution >= 0.6 is 0 Å². The second-order valence-corrected chi connectivity index (χ2v) is 6.14. The van der Waals surface area contributed by atoms with Gasteiger partial charge in [-0.15, -0.1) is 0 Å². The fourth-order valence-electron chi connectivity index (χ4n) is 2.45. The molecule has 0 radical (unpaired) electrons. The maximum Gasteiger partial charge on any atom is 0.322 e. The zero-order valence-electron chi connectivity index (χ0n) is 9.18. The van der Waals surface area contributed by atoms with Crippen molar-refractivity contribution >= 4 is 16.0 Å². The maximum absolute atomic E-state index is 11.9. The first kappa shape index (κ1) is 11.8. The van der Waals surface area contributed by atoms with Gasteiger partial charge in [0.2, 0.25) is 10.0 Å². The van der Waals surface area contributed by atoms with Gasteiger partial charge in [0, 0.05) is 19.1 Å². The molecule has 0 amide bonds. The van der Waals surface area contributed by atoms with E-state index in [1.807, 2.05) is 0 Å². The van der Waals surface area contributed by atoms with E-state index in [0.717, 1.165) is 13.0 Å². The van der Waals surface area contributed by atoms with Crippen LogP contribution in [0.5, 0.6) is 0 Å². The molecule has 92 valence electrons. The minimum absolute atomic E-state index is 0.0228. The van der Waals surface area contributed by atoms with Gasteiger partial charge in [-0.25, -0.2) is 8.42 Å². The number of carbonyl (C=O) groups is 1. The first-order valence-corrected chi connectivity index (χ1v) is 6.92. The molecule has 2 aliphatic rings. The van der Waals surface area contributed by atoms with Crippen LogP contribution in [0, 0.1) is 5.92 Å². The Kier molecular flexibility index (Phi) is 3.18. The summed E-state index contributed by atoms with van der Waals surface area (Å²) in [6.45, 7) is 2.08. The molecule has 6 nitrogen and oxygen atoms in total. The van der Waals surface area contributed by atoms with Gasteiger partial charge in [-0.05, 0) is 18.9 Å². The largest absolute Gasteiger partial charge is 0.468 e. The Labute approximate surface area is 95.0 Å². The molecule has 0 aromatic rings. The number of nitrogens with zero attached hydrogens (tertiary/aromatic N) is 1. The van der Waals surface area contributed by atoms with Crippen LogP contribution in [0.2, 0.25) is 0 Å². The van der Waals surface area contributed by atoms with E-state index in [9.17, 15) is 13.2 Å². The summed E-state index contributed by atoms with van der Waals surface area (Å²) in [7, 11) is -2.31. The van der Waals surface area contributed by atoms with Gasteiger partial charge in [-0.2, -0.15) is 4.31 Å². The van der Waals surface area contributed by atoms with Crippen molar-refractivity contribution in [1.82, 2.24) is 9.62 Å². The number of methoxy groups -OCH3 is 1. The normalized spacial score (nSPS) is 30.3. The predicted octanol–water partition coefficient (Wildman–Crippen LogP) is -1.22. The van der Waals surface area contributed by atoms with E-state index in [1.54, 1.807) is 0 Å². The molecule has 0 saturated carbocycles. The van der Waals surface area contributed by atoms with Gasteiger partial charge in [-0.1, -0.05) is 0 Å². The summed E-state index contributed by atoms with van der Waals surface area (Å²) in [4.78, 5) is 11.0. The third-order valence-corrected chi connectivity index (χ3v) is 5.05. The summed E-state index contributed by atoms with van der Waals surface area (Å²) < 4.78 is 29.7. The van der Waals surface area contributed by atoms with E-state index in [4.69, 9.17) is 0 Å². The highest BCUT2D eigenvalue weighted by Gasteiger charge is 2.43. The van der Waals surface area contributed by atoms with E-state index in [0.29, 0.717) is 19.0 Å². The van der Waals surface area contributed by atoms with Crippen LogP contribution in [0.4, 0.5) is 0 Å². The van der Waals surface area contributed by atoms with Crippen LogP contribution in [0.1, 0.15) is 6.42 Å².